The number of hydrogen-bond acceptors (Lipinski definition) is 5. The predicted molar refractivity (Wildman–Crippen MR) is 146 cm³/mol. The van der Waals surface area contributed by atoms with E-state index in [2.05, 4.69) is 26.6 Å². The summed E-state index contributed by atoms with van der Waals surface area (Å²) in [5.41, 5.74) is 8.37. The van der Waals surface area contributed by atoms with E-state index in [1.165, 1.54) is 19.4 Å². The fourth-order valence-corrected chi connectivity index (χ4v) is 4.46. The third-order valence-corrected chi connectivity index (χ3v) is 6.56. The van der Waals surface area contributed by atoms with Gasteiger partial charge in [0.25, 0.3) is 5.91 Å². The van der Waals surface area contributed by atoms with E-state index < -0.39 is 0 Å². The van der Waals surface area contributed by atoms with Crippen molar-refractivity contribution in [1.29, 1.82) is 0 Å². The molecule has 1 heterocycles. The minimum absolute atomic E-state index is 0.0161. The number of carbonyl (C=O) groups excluding carboxylic acids is 2. The second kappa shape index (κ2) is 13.5. The van der Waals surface area contributed by atoms with Gasteiger partial charge in [0.05, 0.1) is 5.56 Å². The molecular weight excluding hydrogens is 530 g/mol. The summed E-state index contributed by atoms with van der Waals surface area (Å²) in [5.74, 6) is 0.814. The molecule has 186 valence electrons. The third kappa shape index (κ3) is 8.84. The molecule has 0 saturated carbocycles. The quantitative estimate of drug-likeness (QED) is 0.188. The van der Waals surface area contributed by atoms with Crippen molar-refractivity contribution in [2.45, 2.75) is 26.2 Å². The molecule has 8 heteroatoms. The van der Waals surface area contributed by atoms with Crippen LogP contribution in [0.3, 0.4) is 0 Å². The van der Waals surface area contributed by atoms with E-state index >= 15 is 0 Å². The van der Waals surface area contributed by atoms with E-state index in [-0.39, 0.29) is 18.3 Å². The molecule has 0 bridgehead atoms. The monoisotopic (exact) mass is 559 g/mol. The highest BCUT2D eigenvalue weighted by Gasteiger charge is 2.16. The fraction of sp³-hybridized carbons (Fsp3) is 0.333. The molecule has 0 radical (unpaired) electrons. The summed E-state index contributed by atoms with van der Waals surface area (Å²) in [6.07, 6.45) is 8.38. The Kier molecular flexibility index (Phi) is 10.4. The van der Waals surface area contributed by atoms with E-state index in [0.29, 0.717) is 28.6 Å². The molecule has 1 fully saturated rings. The van der Waals surface area contributed by atoms with Crippen LogP contribution in [0.4, 0.5) is 0 Å². The molecule has 0 atom stereocenters. The second-order valence-electron chi connectivity index (χ2n) is 8.65. The molecule has 0 aliphatic carbocycles. The minimum Gasteiger partial charge on any atom is -0.487 e. The van der Waals surface area contributed by atoms with Crippen molar-refractivity contribution in [3.05, 3.63) is 74.4 Å². The van der Waals surface area contributed by atoms with E-state index in [9.17, 15) is 9.59 Å². The molecule has 1 saturated heterocycles. The van der Waals surface area contributed by atoms with Gasteiger partial charge in [-0.25, -0.2) is 0 Å². The molecule has 0 aromatic heterocycles. The number of hydrogen-bond donors (Lipinski definition) is 3. The van der Waals surface area contributed by atoms with Crippen LogP contribution in [-0.4, -0.2) is 37.9 Å². The van der Waals surface area contributed by atoms with E-state index in [0.717, 1.165) is 47.4 Å². The third-order valence-electron chi connectivity index (χ3n) is 5.64. The molecule has 1 amide bonds. The Morgan fingerprint density at radius 1 is 1.20 bits per heavy atom. The van der Waals surface area contributed by atoms with Crippen molar-refractivity contribution < 1.29 is 14.3 Å². The molecule has 6 nitrogen and oxygen atoms in total. The van der Waals surface area contributed by atoms with Gasteiger partial charge in [0.1, 0.15) is 12.4 Å². The lowest BCUT2D eigenvalue weighted by Gasteiger charge is -2.26. The zero-order valence-corrected chi connectivity index (χ0v) is 22.1. The fourth-order valence-electron chi connectivity index (χ4n) is 3.65. The Morgan fingerprint density at radius 3 is 2.69 bits per heavy atom. The molecule has 2 aromatic carbocycles. The van der Waals surface area contributed by atoms with Crippen LogP contribution >= 0.6 is 27.5 Å². The predicted octanol–water partition coefficient (Wildman–Crippen LogP) is 5.20. The van der Waals surface area contributed by atoms with Crippen LogP contribution in [0.5, 0.6) is 5.75 Å². The van der Waals surface area contributed by atoms with Crippen LogP contribution in [0.15, 0.2) is 52.6 Å². The topological polar surface area (TPSA) is 93.5 Å². The van der Waals surface area contributed by atoms with Gasteiger partial charge in [0, 0.05) is 27.8 Å². The number of amides is 1. The normalized spacial score (nSPS) is 14.1. The van der Waals surface area contributed by atoms with Crippen molar-refractivity contribution in [2.75, 3.05) is 26.2 Å². The molecule has 0 spiro atoms. The van der Waals surface area contributed by atoms with Gasteiger partial charge in [-0.15, -0.1) is 0 Å². The maximum absolute atomic E-state index is 13.0. The van der Waals surface area contributed by atoms with Crippen molar-refractivity contribution in [3.63, 3.8) is 0 Å². The molecule has 4 N–H and O–H groups in total. The molecule has 0 unspecified atom stereocenters. The molecule has 1 aliphatic heterocycles. The summed E-state index contributed by atoms with van der Waals surface area (Å²) in [7, 11) is 0. The Labute approximate surface area is 220 Å². The van der Waals surface area contributed by atoms with Gasteiger partial charge in [-0.3, -0.25) is 9.59 Å². The van der Waals surface area contributed by atoms with Gasteiger partial charge in [0.15, 0.2) is 5.78 Å². The number of ketones is 1. The van der Waals surface area contributed by atoms with Gasteiger partial charge < -0.3 is 21.1 Å². The molecule has 35 heavy (non-hydrogen) atoms. The first kappa shape index (κ1) is 27.0. The van der Waals surface area contributed by atoms with E-state index in [1.807, 2.05) is 36.4 Å². The summed E-state index contributed by atoms with van der Waals surface area (Å²) in [6.45, 7) is 4.24. The average Bonchev–Trinajstić information content (AvgIpc) is 2.78. The number of ether oxygens (including phenoxy) is 1. The Morgan fingerprint density at radius 2 is 2.00 bits per heavy atom. The number of halogens is 2. The number of unbranched alkanes of at least 4 members (excludes halogenated alkanes) is 1. The van der Waals surface area contributed by atoms with Crippen molar-refractivity contribution in [2.24, 2.45) is 11.7 Å². The van der Waals surface area contributed by atoms with Crippen molar-refractivity contribution in [3.8, 4) is 5.75 Å². The second-order valence-corrected chi connectivity index (χ2v) is 9.94. The standard InChI is InChI=1S/C27H31BrClN3O3/c1-18(33)12-23(30)17-35-26-10-6-19(5-7-21-8-9-22(29)14-25(21)28)13-24(26)27(34)32-11-3-2-4-20-15-31-16-20/h5-10,12-14,20,31H,2-4,11,15-17,30H2,1H3,(H,32,34)/b7-5+,23-12?. The lowest BCUT2D eigenvalue weighted by Crippen LogP contribution is -2.41. The largest absolute Gasteiger partial charge is 0.487 e. The zero-order chi connectivity index (χ0) is 25.2. The van der Waals surface area contributed by atoms with Crippen molar-refractivity contribution in [1.82, 2.24) is 10.6 Å². The highest BCUT2D eigenvalue weighted by molar-refractivity contribution is 9.10. The van der Waals surface area contributed by atoms with Crippen molar-refractivity contribution >= 4 is 51.4 Å². The first-order valence-electron chi connectivity index (χ1n) is 11.7. The highest BCUT2D eigenvalue weighted by Crippen LogP contribution is 2.25. The molecule has 2 aromatic rings. The van der Waals surface area contributed by atoms with Crippen LogP contribution in [-0.2, 0) is 4.79 Å². The smallest absolute Gasteiger partial charge is 0.255 e. The van der Waals surface area contributed by atoms with Gasteiger partial charge >= 0.3 is 0 Å². The number of allylic oxidation sites excluding steroid dienone is 1. The Hall–Kier alpha value is -2.61. The van der Waals surface area contributed by atoms with Crippen LogP contribution in [0, 0.1) is 5.92 Å². The Bertz CT molecular complexity index is 1110. The van der Waals surface area contributed by atoms with Crippen LogP contribution < -0.4 is 21.1 Å². The first-order valence-corrected chi connectivity index (χ1v) is 12.8. The lowest BCUT2D eigenvalue weighted by atomic mass is 9.96. The molecule has 3 rings (SSSR count). The van der Waals surface area contributed by atoms with Gasteiger partial charge in [-0.1, -0.05) is 58.2 Å². The first-order chi connectivity index (χ1) is 16.8. The van der Waals surface area contributed by atoms with Gasteiger partial charge in [0.2, 0.25) is 0 Å². The van der Waals surface area contributed by atoms with E-state index in [1.54, 1.807) is 12.1 Å². The summed E-state index contributed by atoms with van der Waals surface area (Å²) in [5, 5.41) is 6.93. The number of nitrogens with one attached hydrogen (secondary N) is 2. The summed E-state index contributed by atoms with van der Waals surface area (Å²) in [6, 6.07) is 11.0. The van der Waals surface area contributed by atoms with Crippen LogP contribution in [0.2, 0.25) is 5.02 Å². The molecule has 1 aliphatic rings. The lowest BCUT2D eigenvalue weighted by molar-refractivity contribution is -0.112. The molecular formula is C27H31BrClN3O3. The average molecular weight is 561 g/mol. The maximum atomic E-state index is 13.0. The number of benzene rings is 2. The summed E-state index contributed by atoms with van der Waals surface area (Å²) >= 11 is 9.54. The summed E-state index contributed by atoms with van der Waals surface area (Å²) in [4.78, 5) is 24.3. The maximum Gasteiger partial charge on any atom is 0.255 e. The SMILES string of the molecule is CC(=O)C=C(N)COc1ccc(/C=C/c2ccc(Cl)cc2Br)cc1C(=O)NCCCCC1CNC1. The van der Waals surface area contributed by atoms with E-state index in [4.69, 9.17) is 22.1 Å². The minimum atomic E-state index is -0.206. The van der Waals surface area contributed by atoms with Gasteiger partial charge in [-0.05, 0) is 74.2 Å². The summed E-state index contributed by atoms with van der Waals surface area (Å²) < 4.78 is 6.67. The van der Waals surface area contributed by atoms with Crippen LogP contribution in [0.25, 0.3) is 12.2 Å². The number of rotatable bonds is 12. The zero-order valence-electron chi connectivity index (χ0n) is 19.8. The Balaban J connectivity index is 1.71. The number of nitrogens with two attached hydrogens (primary N) is 1. The van der Waals surface area contributed by atoms with Gasteiger partial charge in [-0.2, -0.15) is 0 Å². The highest BCUT2D eigenvalue weighted by atomic mass is 79.9. The number of carbonyl (C=O) groups is 2. The van der Waals surface area contributed by atoms with Crippen LogP contribution in [0.1, 0.15) is 47.7 Å².